The Kier molecular flexibility index (Phi) is 6.36. The van der Waals surface area contributed by atoms with E-state index < -0.39 is 23.2 Å². The normalized spacial score (nSPS) is 15.9. The summed E-state index contributed by atoms with van der Waals surface area (Å²) in [5.74, 6) is -2.03. The van der Waals surface area contributed by atoms with E-state index in [-0.39, 0.29) is 11.3 Å². The maximum atomic E-state index is 15.1. The summed E-state index contributed by atoms with van der Waals surface area (Å²) in [5, 5.41) is 3.90. The summed E-state index contributed by atoms with van der Waals surface area (Å²) in [7, 11) is 0.396. The number of rotatable bonds is 8. The molecule has 1 fully saturated rings. The molecule has 1 aromatic heterocycles. The van der Waals surface area contributed by atoms with Gasteiger partial charge in [0.1, 0.15) is 17.3 Å². The number of benzene rings is 1. The summed E-state index contributed by atoms with van der Waals surface area (Å²) in [6.45, 7) is 7.77. The van der Waals surface area contributed by atoms with Crippen LogP contribution in [0.1, 0.15) is 36.9 Å². The first-order chi connectivity index (χ1) is 13.8. The van der Waals surface area contributed by atoms with Crippen molar-refractivity contribution in [2.24, 2.45) is 0 Å². The van der Waals surface area contributed by atoms with Gasteiger partial charge in [-0.2, -0.15) is 0 Å². The van der Waals surface area contributed by atoms with Crippen LogP contribution < -0.4 is 16.4 Å². The van der Waals surface area contributed by atoms with Crippen molar-refractivity contribution in [3.05, 3.63) is 59.6 Å². The first kappa shape index (κ1) is 21.4. The first-order valence-electron chi connectivity index (χ1n) is 9.57. The topological polar surface area (TPSA) is 50.9 Å². The number of aryl methyl sites for hydroxylation is 1. The van der Waals surface area contributed by atoms with Crippen LogP contribution in [-0.2, 0) is 0 Å². The zero-order chi connectivity index (χ0) is 21.2. The molecule has 0 spiro atoms. The number of anilines is 1. The van der Waals surface area contributed by atoms with Gasteiger partial charge < -0.3 is 11.1 Å². The van der Waals surface area contributed by atoms with Crippen LogP contribution in [0.3, 0.4) is 0 Å². The number of halogens is 3. The van der Waals surface area contributed by atoms with E-state index in [0.717, 1.165) is 23.1 Å². The Morgan fingerprint density at radius 3 is 2.69 bits per heavy atom. The third-order valence-corrected chi connectivity index (χ3v) is 6.51. The molecule has 0 saturated heterocycles. The molecule has 3 N–H and O–H groups in total. The van der Waals surface area contributed by atoms with E-state index in [1.54, 1.807) is 6.20 Å². The molecule has 29 heavy (non-hydrogen) atoms. The van der Waals surface area contributed by atoms with Gasteiger partial charge in [0, 0.05) is 35.4 Å². The van der Waals surface area contributed by atoms with Gasteiger partial charge in [-0.3, -0.25) is 4.98 Å². The minimum atomic E-state index is -1.34. The van der Waals surface area contributed by atoms with Crippen LogP contribution >= 0.6 is 8.58 Å². The third-order valence-electron chi connectivity index (χ3n) is 5.17. The van der Waals surface area contributed by atoms with Crippen molar-refractivity contribution < 1.29 is 13.2 Å². The summed E-state index contributed by atoms with van der Waals surface area (Å²) in [5.41, 5.74) is 8.85. The van der Waals surface area contributed by atoms with E-state index in [0.29, 0.717) is 39.4 Å². The number of nitrogens with zero attached hydrogens (tertiary/aromatic N) is 1. The number of nitrogens with one attached hydrogen (secondary N) is 1. The van der Waals surface area contributed by atoms with Gasteiger partial charge in [-0.05, 0) is 43.6 Å². The van der Waals surface area contributed by atoms with Gasteiger partial charge in [0.2, 0.25) is 0 Å². The molecule has 154 valence electrons. The van der Waals surface area contributed by atoms with Crippen molar-refractivity contribution in [2.75, 3.05) is 18.4 Å². The average Bonchev–Trinajstić information content (AvgIpc) is 3.42. The quantitative estimate of drug-likeness (QED) is 0.370. The van der Waals surface area contributed by atoms with Crippen molar-refractivity contribution in [3.8, 4) is 11.3 Å². The number of nitrogens with two attached hydrogens (primary N) is 1. The monoisotopic (exact) mass is 419 g/mol. The minimum Gasteiger partial charge on any atom is -0.396 e. The number of pyridine rings is 1. The fourth-order valence-corrected chi connectivity index (χ4v) is 4.55. The average molecular weight is 419 g/mol. The number of nitrogen functional groups attached to an aromatic ring is 1. The van der Waals surface area contributed by atoms with Gasteiger partial charge in [0.15, 0.2) is 0 Å². The van der Waals surface area contributed by atoms with E-state index in [9.17, 15) is 8.78 Å². The Bertz CT molecular complexity index is 966. The van der Waals surface area contributed by atoms with E-state index in [2.05, 4.69) is 17.6 Å². The highest BCUT2D eigenvalue weighted by molar-refractivity contribution is 7.47. The van der Waals surface area contributed by atoms with Gasteiger partial charge in [0.05, 0.1) is 17.3 Å². The zero-order valence-electron chi connectivity index (χ0n) is 16.6. The second-order valence-corrected chi connectivity index (χ2v) is 8.88. The van der Waals surface area contributed by atoms with Crippen molar-refractivity contribution in [2.45, 2.75) is 38.3 Å². The standard InChI is InChI=1S/C22H25F3N3P/c1-4-8-27-12-15(22(25)6-7-22)19-9-13(3)21(29-5-2)20(28-19)14-10-18(26)17(24)11-16(14)23/h8-11,15,27,29H,1,5-7,12,26H2,2-3H3. The van der Waals surface area contributed by atoms with Crippen molar-refractivity contribution in [3.63, 3.8) is 0 Å². The van der Waals surface area contributed by atoms with Gasteiger partial charge in [-0.15, -0.1) is 5.73 Å². The molecular formula is C22H25F3N3P. The highest BCUT2D eigenvalue weighted by atomic mass is 31.1. The molecule has 3 rings (SSSR count). The van der Waals surface area contributed by atoms with Crippen molar-refractivity contribution >= 4 is 19.6 Å². The maximum absolute atomic E-state index is 15.1. The molecule has 2 unspecified atom stereocenters. The molecular weight excluding hydrogens is 394 g/mol. The van der Waals surface area contributed by atoms with Gasteiger partial charge in [0.25, 0.3) is 0 Å². The number of hydrogen-bond acceptors (Lipinski definition) is 3. The van der Waals surface area contributed by atoms with Crippen molar-refractivity contribution in [1.82, 2.24) is 10.3 Å². The molecule has 1 aromatic carbocycles. The molecule has 3 nitrogen and oxygen atoms in total. The molecule has 2 atom stereocenters. The summed E-state index contributed by atoms with van der Waals surface area (Å²) in [6.07, 6.45) is 3.32. The predicted molar refractivity (Wildman–Crippen MR) is 115 cm³/mol. The number of aromatic nitrogens is 1. The highest BCUT2D eigenvalue weighted by Gasteiger charge is 2.51. The van der Waals surface area contributed by atoms with E-state index >= 15 is 4.39 Å². The largest absolute Gasteiger partial charge is 0.396 e. The van der Waals surface area contributed by atoms with Gasteiger partial charge in [-0.1, -0.05) is 22.1 Å². The van der Waals surface area contributed by atoms with E-state index in [4.69, 9.17) is 10.7 Å². The Balaban J connectivity index is 2.16. The van der Waals surface area contributed by atoms with Crippen LogP contribution in [-0.4, -0.2) is 23.4 Å². The predicted octanol–water partition coefficient (Wildman–Crippen LogP) is 4.72. The molecule has 2 aromatic rings. The highest BCUT2D eigenvalue weighted by Crippen LogP contribution is 2.50. The molecule has 1 saturated carbocycles. The Morgan fingerprint density at radius 1 is 1.34 bits per heavy atom. The Morgan fingerprint density at radius 2 is 2.07 bits per heavy atom. The minimum absolute atomic E-state index is 0.143. The summed E-state index contributed by atoms with van der Waals surface area (Å²) in [6, 6.07) is 3.93. The second-order valence-electron chi connectivity index (χ2n) is 7.32. The van der Waals surface area contributed by atoms with Gasteiger partial charge in [-0.25, -0.2) is 13.2 Å². The summed E-state index contributed by atoms with van der Waals surface area (Å²) >= 11 is 0. The molecule has 0 amide bonds. The maximum Gasteiger partial charge on any atom is 0.149 e. The summed E-state index contributed by atoms with van der Waals surface area (Å²) < 4.78 is 43.5. The van der Waals surface area contributed by atoms with E-state index in [1.807, 2.05) is 19.9 Å². The van der Waals surface area contributed by atoms with E-state index in [1.165, 1.54) is 6.07 Å². The molecule has 0 radical (unpaired) electrons. The second kappa shape index (κ2) is 8.61. The number of alkyl halides is 1. The molecule has 1 aliphatic rings. The van der Waals surface area contributed by atoms with Crippen LogP contribution in [0.4, 0.5) is 18.9 Å². The molecule has 7 heteroatoms. The molecule has 1 aliphatic carbocycles. The lowest BCUT2D eigenvalue weighted by atomic mass is 9.94. The fraction of sp³-hybridized carbons (Fsp3) is 0.364. The van der Waals surface area contributed by atoms with Crippen LogP contribution in [0.2, 0.25) is 0 Å². The van der Waals surface area contributed by atoms with Crippen LogP contribution in [0, 0.1) is 18.6 Å². The zero-order valence-corrected chi connectivity index (χ0v) is 17.6. The molecule has 0 bridgehead atoms. The SMILES string of the molecule is C=C=CNCC(c1cc(C)c(PCC)c(-c2cc(N)c(F)cc2F)n1)C1(F)CC1. The fourth-order valence-electron chi connectivity index (χ4n) is 3.49. The van der Waals surface area contributed by atoms with Gasteiger partial charge >= 0.3 is 0 Å². The lowest BCUT2D eigenvalue weighted by Crippen LogP contribution is -2.28. The molecule has 1 heterocycles. The van der Waals surface area contributed by atoms with Crippen LogP contribution in [0.25, 0.3) is 11.3 Å². The van der Waals surface area contributed by atoms with Crippen LogP contribution in [0.5, 0.6) is 0 Å². The summed E-state index contributed by atoms with van der Waals surface area (Å²) in [4.78, 5) is 4.70. The third kappa shape index (κ3) is 4.49. The molecule has 0 aliphatic heterocycles. The number of hydrogen-bond donors (Lipinski definition) is 2. The van der Waals surface area contributed by atoms with Crippen molar-refractivity contribution in [1.29, 1.82) is 0 Å². The lowest BCUT2D eigenvalue weighted by molar-refractivity contribution is 0.250. The van der Waals surface area contributed by atoms with Crippen LogP contribution in [0.15, 0.2) is 36.7 Å². The Labute approximate surface area is 171 Å². The first-order valence-corrected chi connectivity index (χ1v) is 10.8. The smallest absolute Gasteiger partial charge is 0.149 e. The Hall–Kier alpha value is -2.29. The lowest BCUT2D eigenvalue weighted by Gasteiger charge is -2.23.